The van der Waals surface area contributed by atoms with Crippen molar-refractivity contribution in [1.29, 1.82) is 0 Å². The van der Waals surface area contributed by atoms with Gasteiger partial charge in [-0.25, -0.2) is 0 Å². The molecule has 0 saturated carbocycles. The second kappa shape index (κ2) is 4.83. The lowest BCUT2D eigenvalue weighted by Gasteiger charge is -2.10. The number of rotatable bonds is 3. The van der Waals surface area contributed by atoms with Crippen molar-refractivity contribution in [3.8, 4) is 5.75 Å². The number of carbonyl (C=O) groups is 1. The summed E-state index contributed by atoms with van der Waals surface area (Å²) in [6, 6.07) is 7.15. The molecule has 0 aliphatic heterocycles. The topological polar surface area (TPSA) is 80.1 Å². The van der Waals surface area contributed by atoms with Gasteiger partial charge in [-0.2, -0.15) is 0 Å². The Balaban J connectivity index is 2.21. The fourth-order valence-corrected chi connectivity index (χ4v) is 1.63. The van der Waals surface area contributed by atoms with Gasteiger partial charge in [-0.05, 0) is 30.7 Å². The van der Waals surface area contributed by atoms with E-state index in [1.165, 1.54) is 0 Å². The number of anilines is 2. The number of hydrogen-bond donors (Lipinski definition) is 3. The fourth-order valence-electron chi connectivity index (χ4n) is 1.63. The van der Waals surface area contributed by atoms with E-state index in [0.717, 1.165) is 5.56 Å². The highest BCUT2D eigenvalue weighted by Gasteiger charge is 2.11. The van der Waals surface area contributed by atoms with E-state index in [2.05, 4.69) is 10.3 Å². The Bertz CT molecular complexity index is 575. The summed E-state index contributed by atoms with van der Waals surface area (Å²) in [5, 5.41) is 2.77. The van der Waals surface area contributed by atoms with Gasteiger partial charge >= 0.3 is 0 Å². The van der Waals surface area contributed by atoms with Crippen molar-refractivity contribution in [2.24, 2.45) is 0 Å². The maximum absolute atomic E-state index is 11.9. The monoisotopic (exact) mass is 245 g/mol. The third-order valence-electron chi connectivity index (χ3n) is 2.56. The normalized spacial score (nSPS) is 10.1. The number of amides is 1. The van der Waals surface area contributed by atoms with Gasteiger partial charge in [-0.3, -0.25) is 4.79 Å². The molecule has 1 heterocycles. The number of aromatic amines is 1. The molecule has 1 amide bonds. The van der Waals surface area contributed by atoms with Gasteiger partial charge in [0.2, 0.25) is 0 Å². The number of ether oxygens (including phenoxy) is 1. The summed E-state index contributed by atoms with van der Waals surface area (Å²) in [6.45, 7) is 1.96. The molecule has 0 saturated heterocycles. The molecule has 18 heavy (non-hydrogen) atoms. The third-order valence-corrected chi connectivity index (χ3v) is 2.56. The number of carbonyl (C=O) groups excluding carboxylic acids is 1. The number of hydrogen-bond acceptors (Lipinski definition) is 3. The Kier molecular flexibility index (Phi) is 3.23. The highest BCUT2D eigenvalue weighted by Crippen LogP contribution is 2.25. The molecule has 0 aliphatic rings. The fraction of sp³-hybridized carbons (Fsp3) is 0.154. The van der Waals surface area contributed by atoms with E-state index in [1.54, 1.807) is 25.4 Å². The number of aromatic nitrogens is 1. The zero-order chi connectivity index (χ0) is 13.1. The van der Waals surface area contributed by atoms with Gasteiger partial charge in [-0.15, -0.1) is 0 Å². The molecule has 0 radical (unpaired) electrons. The first-order chi connectivity index (χ1) is 8.60. The van der Waals surface area contributed by atoms with Crippen molar-refractivity contribution >= 4 is 17.3 Å². The minimum Gasteiger partial charge on any atom is -0.495 e. The Morgan fingerprint density at radius 1 is 1.39 bits per heavy atom. The largest absolute Gasteiger partial charge is 0.495 e. The summed E-state index contributed by atoms with van der Waals surface area (Å²) in [4.78, 5) is 14.7. The van der Waals surface area contributed by atoms with Crippen LogP contribution < -0.4 is 15.8 Å². The zero-order valence-electron chi connectivity index (χ0n) is 10.3. The van der Waals surface area contributed by atoms with Crippen molar-refractivity contribution in [2.75, 3.05) is 18.2 Å². The maximum atomic E-state index is 11.9. The smallest absolute Gasteiger partial charge is 0.272 e. The van der Waals surface area contributed by atoms with E-state index in [9.17, 15) is 4.79 Å². The van der Waals surface area contributed by atoms with E-state index in [4.69, 9.17) is 10.5 Å². The van der Waals surface area contributed by atoms with Crippen molar-refractivity contribution < 1.29 is 9.53 Å². The summed E-state index contributed by atoms with van der Waals surface area (Å²) >= 11 is 0. The predicted octanol–water partition coefficient (Wildman–Crippen LogP) is 2.17. The minimum atomic E-state index is -0.256. The van der Waals surface area contributed by atoms with Crippen molar-refractivity contribution in [3.63, 3.8) is 0 Å². The first kappa shape index (κ1) is 12.0. The van der Waals surface area contributed by atoms with E-state index in [0.29, 0.717) is 22.8 Å². The van der Waals surface area contributed by atoms with Crippen LogP contribution in [0.15, 0.2) is 30.5 Å². The number of aryl methyl sites for hydroxylation is 1. The molecule has 0 spiro atoms. The van der Waals surface area contributed by atoms with Crippen LogP contribution in [0, 0.1) is 6.92 Å². The van der Waals surface area contributed by atoms with Crippen LogP contribution in [-0.2, 0) is 0 Å². The lowest BCUT2D eigenvalue weighted by molar-refractivity contribution is 0.102. The average Bonchev–Trinajstić information content (AvgIpc) is 2.78. The number of nitrogen functional groups attached to an aromatic ring is 1. The maximum Gasteiger partial charge on any atom is 0.272 e. The summed E-state index contributed by atoms with van der Waals surface area (Å²) < 4.78 is 5.22. The zero-order valence-corrected chi connectivity index (χ0v) is 10.3. The Morgan fingerprint density at radius 3 is 2.78 bits per heavy atom. The molecule has 2 rings (SSSR count). The van der Waals surface area contributed by atoms with Crippen LogP contribution >= 0.6 is 0 Å². The molecule has 0 unspecified atom stereocenters. The first-order valence-electron chi connectivity index (χ1n) is 5.50. The molecule has 1 aromatic carbocycles. The van der Waals surface area contributed by atoms with E-state index in [-0.39, 0.29) is 5.91 Å². The van der Waals surface area contributed by atoms with Gasteiger partial charge in [0.05, 0.1) is 12.8 Å². The third kappa shape index (κ3) is 2.45. The van der Waals surface area contributed by atoms with Gasteiger partial charge in [0, 0.05) is 11.9 Å². The van der Waals surface area contributed by atoms with Crippen LogP contribution in [0.2, 0.25) is 0 Å². The van der Waals surface area contributed by atoms with Crippen LogP contribution in [0.4, 0.5) is 11.4 Å². The van der Waals surface area contributed by atoms with Gasteiger partial charge in [-0.1, -0.05) is 6.07 Å². The summed E-state index contributed by atoms with van der Waals surface area (Å²) in [7, 11) is 1.57. The standard InChI is InChI=1S/C13H15N3O2/c1-8-3-4-10(12(5-8)18-2)16-13(17)11-6-9(14)7-15-11/h3-7,15H,14H2,1-2H3,(H,16,17). The molecule has 0 bridgehead atoms. The molecule has 1 aromatic heterocycles. The van der Waals surface area contributed by atoms with Crippen LogP contribution in [-0.4, -0.2) is 18.0 Å². The Morgan fingerprint density at radius 2 is 2.17 bits per heavy atom. The molecule has 5 nitrogen and oxygen atoms in total. The van der Waals surface area contributed by atoms with Crippen LogP contribution in [0.5, 0.6) is 5.75 Å². The van der Waals surface area contributed by atoms with Crippen LogP contribution in [0.3, 0.4) is 0 Å². The van der Waals surface area contributed by atoms with Gasteiger partial charge in [0.15, 0.2) is 0 Å². The predicted molar refractivity (Wildman–Crippen MR) is 70.9 cm³/mol. The SMILES string of the molecule is COc1cc(C)ccc1NC(=O)c1cc(N)c[nH]1. The summed E-state index contributed by atoms with van der Waals surface area (Å²) in [6.07, 6.45) is 1.57. The molecule has 0 atom stereocenters. The Hall–Kier alpha value is -2.43. The molecule has 2 aromatic rings. The molecular formula is C13H15N3O2. The number of methoxy groups -OCH3 is 1. The molecule has 94 valence electrons. The lowest BCUT2D eigenvalue weighted by atomic mass is 10.2. The van der Waals surface area contributed by atoms with Gasteiger partial charge in [0.1, 0.15) is 11.4 Å². The van der Waals surface area contributed by atoms with Crippen molar-refractivity contribution in [2.45, 2.75) is 6.92 Å². The van der Waals surface area contributed by atoms with E-state index < -0.39 is 0 Å². The molecule has 5 heteroatoms. The van der Waals surface area contributed by atoms with Gasteiger partial charge in [0.25, 0.3) is 5.91 Å². The van der Waals surface area contributed by atoms with E-state index in [1.807, 2.05) is 19.1 Å². The number of benzene rings is 1. The molecule has 0 aliphatic carbocycles. The summed E-state index contributed by atoms with van der Waals surface area (Å²) in [5.74, 6) is 0.372. The molecule has 4 N–H and O–H groups in total. The minimum absolute atomic E-state index is 0.256. The van der Waals surface area contributed by atoms with Crippen LogP contribution in [0.1, 0.15) is 16.1 Å². The highest BCUT2D eigenvalue weighted by molar-refractivity contribution is 6.04. The van der Waals surface area contributed by atoms with E-state index >= 15 is 0 Å². The highest BCUT2D eigenvalue weighted by atomic mass is 16.5. The van der Waals surface area contributed by atoms with Gasteiger partial charge < -0.3 is 20.8 Å². The molecule has 0 fully saturated rings. The second-order valence-electron chi connectivity index (χ2n) is 4.00. The molecular weight excluding hydrogens is 230 g/mol. The van der Waals surface area contributed by atoms with Crippen molar-refractivity contribution in [3.05, 3.63) is 41.7 Å². The average molecular weight is 245 g/mol. The number of nitrogens with two attached hydrogens (primary N) is 1. The first-order valence-corrected chi connectivity index (χ1v) is 5.50. The van der Waals surface area contributed by atoms with Crippen LogP contribution in [0.25, 0.3) is 0 Å². The van der Waals surface area contributed by atoms with Crippen molar-refractivity contribution in [1.82, 2.24) is 4.98 Å². The lowest BCUT2D eigenvalue weighted by Crippen LogP contribution is -2.13. The Labute approximate surface area is 105 Å². The number of H-pyrrole nitrogens is 1. The second-order valence-corrected chi connectivity index (χ2v) is 4.00. The quantitative estimate of drug-likeness (QED) is 0.775. The number of nitrogens with one attached hydrogen (secondary N) is 2. The summed E-state index contributed by atoms with van der Waals surface area (Å²) in [5.41, 5.74) is 8.18.